The Kier molecular flexibility index (Phi) is 4.35. The summed E-state index contributed by atoms with van der Waals surface area (Å²) in [6.45, 7) is 0.516. The lowest BCUT2D eigenvalue weighted by atomic mass is 10.1. The largest absolute Gasteiger partial charge is 0.399 e. The third-order valence-electron chi connectivity index (χ3n) is 2.88. The van der Waals surface area contributed by atoms with Crippen molar-refractivity contribution in [1.82, 2.24) is 0 Å². The zero-order valence-corrected chi connectivity index (χ0v) is 11.0. The van der Waals surface area contributed by atoms with E-state index in [0.29, 0.717) is 29.8 Å². The molecule has 0 aliphatic rings. The maximum absolute atomic E-state index is 12.0. The van der Waals surface area contributed by atoms with E-state index in [2.05, 4.69) is 11.4 Å². The molecular weight excluding hydrogens is 250 g/mol. The fourth-order valence-electron chi connectivity index (χ4n) is 1.88. The highest BCUT2D eigenvalue weighted by Crippen LogP contribution is 2.11. The molecule has 0 unspecified atom stereocenters. The molecule has 2 rings (SSSR count). The molecule has 0 saturated carbocycles. The molecule has 0 amide bonds. The minimum Gasteiger partial charge on any atom is -0.399 e. The van der Waals surface area contributed by atoms with Gasteiger partial charge in [-0.25, -0.2) is 0 Å². The van der Waals surface area contributed by atoms with Crippen LogP contribution in [0.3, 0.4) is 0 Å². The van der Waals surface area contributed by atoms with E-state index in [1.807, 2.05) is 6.07 Å². The Balaban J connectivity index is 1.90. The molecular formula is C16H15N3O. The third kappa shape index (κ3) is 3.59. The molecule has 0 atom stereocenters. The molecule has 2 aromatic rings. The second-order valence-electron chi connectivity index (χ2n) is 4.42. The molecule has 0 bridgehead atoms. The number of nitrogen functional groups attached to an aromatic ring is 1. The van der Waals surface area contributed by atoms with Crippen molar-refractivity contribution in [2.75, 3.05) is 17.6 Å². The number of carbonyl (C=O) groups is 1. The van der Waals surface area contributed by atoms with Crippen LogP contribution in [0.1, 0.15) is 22.3 Å². The number of nitrogens with zero attached hydrogens (tertiary/aromatic N) is 1. The Morgan fingerprint density at radius 2 is 2.00 bits per heavy atom. The number of nitriles is 1. The van der Waals surface area contributed by atoms with Gasteiger partial charge in [-0.2, -0.15) is 5.26 Å². The molecule has 0 aliphatic heterocycles. The molecule has 100 valence electrons. The molecule has 0 spiro atoms. The van der Waals surface area contributed by atoms with Crippen molar-refractivity contribution in [2.24, 2.45) is 0 Å². The normalized spacial score (nSPS) is 9.75. The fraction of sp³-hybridized carbons (Fsp3) is 0.125. The molecule has 0 fully saturated rings. The number of benzene rings is 2. The second kappa shape index (κ2) is 6.39. The van der Waals surface area contributed by atoms with Gasteiger partial charge in [-0.05, 0) is 30.3 Å². The van der Waals surface area contributed by atoms with Gasteiger partial charge < -0.3 is 11.1 Å². The molecule has 4 heteroatoms. The number of ketones is 1. The molecule has 0 radical (unpaired) electrons. The van der Waals surface area contributed by atoms with Crippen LogP contribution in [0.5, 0.6) is 0 Å². The summed E-state index contributed by atoms with van der Waals surface area (Å²) in [5, 5.41) is 11.9. The fourth-order valence-corrected chi connectivity index (χ4v) is 1.88. The van der Waals surface area contributed by atoms with Gasteiger partial charge in [-0.1, -0.05) is 18.2 Å². The van der Waals surface area contributed by atoms with Crippen molar-refractivity contribution >= 4 is 17.2 Å². The van der Waals surface area contributed by atoms with Gasteiger partial charge in [0.1, 0.15) is 0 Å². The highest BCUT2D eigenvalue weighted by Gasteiger charge is 2.05. The first kappa shape index (κ1) is 13.6. The summed E-state index contributed by atoms with van der Waals surface area (Å²) in [5.74, 6) is 0.0428. The maximum Gasteiger partial charge on any atom is 0.164 e. The van der Waals surface area contributed by atoms with Crippen LogP contribution >= 0.6 is 0 Å². The Morgan fingerprint density at radius 3 is 2.75 bits per heavy atom. The number of hydrogen-bond acceptors (Lipinski definition) is 4. The minimum absolute atomic E-state index is 0.0428. The van der Waals surface area contributed by atoms with Crippen molar-refractivity contribution in [3.63, 3.8) is 0 Å². The Labute approximate surface area is 117 Å². The SMILES string of the molecule is N#Cc1cccc(NCCC(=O)c2cccc(N)c2)c1. The van der Waals surface area contributed by atoms with Crippen molar-refractivity contribution in [1.29, 1.82) is 5.26 Å². The van der Waals surface area contributed by atoms with E-state index in [-0.39, 0.29) is 5.78 Å². The lowest BCUT2D eigenvalue weighted by Gasteiger charge is -2.06. The predicted octanol–water partition coefficient (Wildman–Crippen LogP) is 2.83. The van der Waals surface area contributed by atoms with Crippen molar-refractivity contribution < 1.29 is 4.79 Å². The Bertz CT molecular complexity index is 659. The van der Waals surface area contributed by atoms with Crippen LogP contribution in [0, 0.1) is 11.3 Å². The molecule has 2 aromatic carbocycles. The van der Waals surface area contributed by atoms with Gasteiger partial charge in [0.05, 0.1) is 11.6 Å². The van der Waals surface area contributed by atoms with Crippen LogP contribution in [0.4, 0.5) is 11.4 Å². The number of carbonyl (C=O) groups excluding carboxylic acids is 1. The van der Waals surface area contributed by atoms with E-state index in [1.165, 1.54) is 0 Å². The average molecular weight is 265 g/mol. The standard InChI is InChI=1S/C16H15N3O/c17-11-12-3-1-6-15(9-12)19-8-7-16(20)13-4-2-5-14(18)10-13/h1-6,9-10,19H,7-8,18H2. The Morgan fingerprint density at radius 1 is 1.20 bits per heavy atom. The minimum atomic E-state index is 0.0428. The lowest BCUT2D eigenvalue weighted by molar-refractivity contribution is 0.0986. The molecule has 3 N–H and O–H groups in total. The quantitative estimate of drug-likeness (QED) is 0.643. The number of nitrogens with one attached hydrogen (secondary N) is 1. The van der Waals surface area contributed by atoms with E-state index < -0.39 is 0 Å². The zero-order valence-electron chi connectivity index (χ0n) is 11.0. The number of nitrogens with two attached hydrogens (primary N) is 1. The van der Waals surface area contributed by atoms with E-state index in [0.717, 1.165) is 5.69 Å². The third-order valence-corrected chi connectivity index (χ3v) is 2.88. The van der Waals surface area contributed by atoms with Crippen molar-refractivity contribution in [2.45, 2.75) is 6.42 Å². The summed E-state index contributed by atoms with van der Waals surface area (Å²) in [4.78, 5) is 12.0. The van der Waals surface area contributed by atoms with E-state index in [9.17, 15) is 4.79 Å². The highest BCUT2D eigenvalue weighted by molar-refractivity contribution is 5.97. The number of hydrogen-bond donors (Lipinski definition) is 2. The smallest absolute Gasteiger partial charge is 0.164 e. The first-order valence-corrected chi connectivity index (χ1v) is 6.32. The second-order valence-corrected chi connectivity index (χ2v) is 4.42. The van der Waals surface area contributed by atoms with E-state index in [4.69, 9.17) is 11.0 Å². The summed E-state index contributed by atoms with van der Waals surface area (Å²) in [6, 6.07) is 16.2. The number of Topliss-reactive ketones (excluding diaryl/α,β-unsaturated/α-hetero) is 1. The van der Waals surface area contributed by atoms with Crippen LogP contribution < -0.4 is 11.1 Å². The summed E-state index contributed by atoms with van der Waals surface area (Å²) < 4.78 is 0. The summed E-state index contributed by atoms with van der Waals surface area (Å²) in [5.41, 5.74) is 8.29. The average Bonchev–Trinajstić information content (AvgIpc) is 2.47. The zero-order chi connectivity index (χ0) is 14.4. The monoisotopic (exact) mass is 265 g/mol. The van der Waals surface area contributed by atoms with Gasteiger partial charge in [0.2, 0.25) is 0 Å². The van der Waals surface area contributed by atoms with Crippen molar-refractivity contribution in [3.05, 3.63) is 59.7 Å². The molecule has 4 nitrogen and oxygen atoms in total. The van der Waals surface area contributed by atoms with Crippen LogP contribution in [0.25, 0.3) is 0 Å². The topological polar surface area (TPSA) is 78.9 Å². The lowest BCUT2D eigenvalue weighted by Crippen LogP contribution is -2.09. The van der Waals surface area contributed by atoms with Gasteiger partial charge in [-0.3, -0.25) is 4.79 Å². The molecule has 0 aliphatic carbocycles. The summed E-state index contributed by atoms with van der Waals surface area (Å²) in [6.07, 6.45) is 0.375. The molecule has 0 saturated heterocycles. The molecule has 0 aromatic heterocycles. The summed E-state index contributed by atoms with van der Waals surface area (Å²) >= 11 is 0. The number of rotatable bonds is 5. The Hall–Kier alpha value is -2.80. The predicted molar refractivity (Wildman–Crippen MR) is 79.4 cm³/mol. The van der Waals surface area contributed by atoms with E-state index in [1.54, 1.807) is 42.5 Å². The van der Waals surface area contributed by atoms with Crippen LogP contribution in [-0.4, -0.2) is 12.3 Å². The van der Waals surface area contributed by atoms with Gasteiger partial charge >= 0.3 is 0 Å². The summed E-state index contributed by atoms with van der Waals surface area (Å²) in [7, 11) is 0. The molecule has 20 heavy (non-hydrogen) atoms. The molecule has 0 heterocycles. The highest BCUT2D eigenvalue weighted by atomic mass is 16.1. The van der Waals surface area contributed by atoms with Crippen LogP contribution in [-0.2, 0) is 0 Å². The van der Waals surface area contributed by atoms with Gasteiger partial charge in [0.15, 0.2) is 5.78 Å². The van der Waals surface area contributed by atoms with Crippen LogP contribution in [0.2, 0.25) is 0 Å². The van der Waals surface area contributed by atoms with Crippen molar-refractivity contribution in [3.8, 4) is 6.07 Å². The maximum atomic E-state index is 12.0. The van der Waals surface area contributed by atoms with Gasteiger partial charge in [0.25, 0.3) is 0 Å². The van der Waals surface area contributed by atoms with Gasteiger partial charge in [-0.15, -0.1) is 0 Å². The van der Waals surface area contributed by atoms with Crippen LogP contribution in [0.15, 0.2) is 48.5 Å². The first-order chi connectivity index (χ1) is 9.69. The number of anilines is 2. The first-order valence-electron chi connectivity index (χ1n) is 6.32. The van der Waals surface area contributed by atoms with Gasteiger partial charge in [0, 0.05) is 29.9 Å². The van der Waals surface area contributed by atoms with E-state index >= 15 is 0 Å².